The van der Waals surface area contributed by atoms with Crippen LogP contribution < -0.4 is 0 Å². The Morgan fingerprint density at radius 1 is 1.39 bits per heavy atom. The second-order valence-corrected chi connectivity index (χ2v) is 6.77. The number of carbonyl (C=O) groups excluding carboxylic acids is 1. The van der Waals surface area contributed by atoms with E-state index in [0.717, 1.165) is 19.2 Å². The summed E-state index contributed by atoms with van der Waals surface area (Å²) in [7, 11) is -2.91. The molecule has 0 radical (unpaired) electrons. The van der Waals surface area contributed by atoms with Crippen LogP contribution in [0.4, 0.5) is 4.39 Å². The first-order valence-electron chi connectivity index (χ1n) is 4.92. The third-order valence-electron chi connectivity index (χ3n) is 2.71. The average molecular weight is 295 g/mol. The molecule has 0 aliphatic carbocycles. The molecule has 7 heteroatoms. The van der Waals surface area contributed by atoms with Gasteiger partial charge in [0.15, 0.2) is 6.29 Å². The van der Waals surface area contributed by atoms with Crippen molar-refractivity contribution in [1.82, 2.24) is 0 Å². The van der Waals surface area contributed by atoms with Gasteiger partial charge in [-0.1, -0.05) is 11.6 Å². The highest BCUT2D eigenvalue weighted by molar-refractivity contribution is 7.87. The summed E-state index contributed by atoms with van der Waals surface area (Å²) in [4.78, 5) is 10.7. The summed E-state index contributed by atoms with van der Waals surface area (Å²) >= 11 is 5.83. The molecule has 0 saturated carbocycles. The Morgan fingerprint density at radius 2 is 1.94 bits per heavy atom. The summed E-state index contributed by atoms with van der Waals surface area (Å²) in [5.74, 6) is -0.802. The zero-order chi connectivity index (χ0) is 14.1. The first-order chi connectivity index (χ1) is 8.17. The van der Waals surface area contributed by atoms with Crippen LogP contribution in [0.2, 0.25) is 5.02 Å². The van der Waals surface area contributed by atoms with Crippen LogP contribution in [0.3, 0.4) is 0 Å². The monoisotopic (exact) mass is 294 g/mol. The number of rotatable bonds is 4. The molecule has 0 N–H and O–H groups in total. The minimum Gasteiger partial charge on any atom is -0.298 e. The zero-order valence-corrected chi connectivity index (χ0v) is 11.6. The Bertz CT molecular complexity index is 581. The van der Waals surface area contributed by atoms with Crippen molar-refractivity contribution < 1.29 is 21.8 Å². The highest BCUT2D eigenvalue weighted by Gasteiger charge is 2.38. The van der Waals surface area contributed by atoms with Crippen molar-refractivity contribution in [2.24, 2.45) is 0 Å². The number of hydrogen-bond donors (Lipinski definition) is 0. The quantitative estimate of drug-likeness (QED) is 0.632. The first-order valence-corrected chi connectivity index (χ1v) is 6.71. The minimum atomic E-state index is -3.93. The fourth-order valence-corrected chi connectivity index (χ4v) is 2.76. The Balaban J connectivity index is 3.56. The Labute approximate surface area is 110 Å². The molecule has 1 rings (SSSR count). The lowest BCUT2D eigenvalue weighted by Crippen LogP contribution is -2.30. The number of benzene rings is 1. The van der Waals surface area contributed by atoms with Gasteiger partial charge < -0.3 is 0 Å². The van der Waals surface area contributed by atoms with E-state index in [2.05, 4.69) is 4.18 Å². The molecule has 0 amide bonds. The molecule has 1 aromatic carbocycles. The van der Waals surface area contributed by atoms with Gasteiger partial charge in [0.05, 0.1) is 12.7 Å². The van der Waals surface area contributed by atoms with E-state index in [9.17, 15) is 17.6 Å². The van der Waals surface area contributed by atoms with E-state index in [1.165, 1.54) is 13.8 Å². The van der Waals surface area contributed by atoms with E-state index in [1.807, 2.05) is 0 Å². The van der Waals surface area contributed by atoms with E-state index >= 15 is 0 Å². The summed E-state index contributed by atoms with van der Waals surface area (Å²) in [5, 5.41) is -0.0799. The van der Waals surface area contributed by atoms with E-state index in [0.29, 0.717) is 6.29 Å². The SMILES string of the molecule is COS(=O)(=O)C(C)(C)c1cc(C=O)c(F)cc1Cl. The molecule has 0 fully saturated rings. The van der Waals surface area contributed by atoms with E-state index in [-0.39, 0.29) is 16.1 Å². The number of halogens is 2. The summed E-state index contributed by atoms with van der Waals surface area (Å²) in [6, 6.07) is 2.02. The van der Waals surface area contributed by atoms with Gasteiger partial charge in [0.25, 0.3) is 10.1 Å². The molecule has 18 heavy (non-hydrogen) atoms. The normalized spacial score (nSPS) is 12.5. The van der Waals surface area contributed by atoms with Crippen molar-refractivity contribution in [2.45, 2.75) is 18.6 Å². The predicted molar refractivity (Wildman–Crippen MR) is 65.8 cm³/mol. The van der Waals surface area contributed by atoms with Crippen LogP contribution in [0.15, 0.2) is 12.1 Å². The highest BCUT2D eigenvalue weighted by Crippen LogP contribution is 2.36. The van der Waals surface area contributed by atoms with Gasteiger partial charge in [0.2, 0.25) is 0 Å². The van der Waals surface area contributed by atoms with Crippen molar-refractivity contribution in [2.75, 3.05) is 7.11 Å². The first kappa shape index (κ1) is 15.1. The van der Waals surface area contributed by atoms with Crippen LogP contribution >= 0.6 is 11.6 Å². The van der Waals surface area contributed by atoms with Crippen LogP contribution in [0, 0.1) is 5.82 Å². The smallest absolute Gasteiger partial charge is 0.276 e. The van der Waals surface area contributed by atoms with Crippen LogP contribution in [0.1, 0.15) is 29.8 Å². The van der Waals surface area contributed by atoms with Crippen LogP contribution in [0.5, 0.6) is 0 Å². The highest BCUT2D eigenvalue weighted by atomic mass is 35.5. The average Bonchev–Trinajstić information content (AvgIpc) is 2.28. The summed E-state index contributed by atoms with van der Waals surface area (Å²) < 4.78 is 39.8. The summed E-state index contributed by atoms with van der Waals surface area (Å²) in [6.45, 7) is 2.72. The molecule has 0 unspecified atom stereocenters. The molecule has 0 bridgehead atoms. The predicted octanol–water partition coefficient (Wildman–Crippen LogP) is 2.50. The Kier molecular flexibility index (Phi) is 4.15. The number of aldehydes is 1. The molecule has 0 atom stereocenters. The molecule has 0 aliphatic rings. The van der Waals surface area contributed by atoms with Gasteiger partial charge >= 0.3 is 0 Å². The van der Waals surface area contributed by atoms with Gasteiger partial charge in [-0.3, -0.25) is 8.98 Å². The zero-order valence-electron chi connectivity index (χ0n) is 10.0. The third-order valence-corrected chi connectivity index (χ3v) is 4.93. The van der Waals surface area contributed by atoms with Crippen molar-refractivity contribution in [3.63, 3.8) is 0 Å². The van der Waals surface area contributed by atoms with E-state index in [4.69, 9.17) is 11.6 Å². The molecular formula is C11H12ClFO4S. The van der Waals surface area contributed by atoms with Crippen LogP contribution in [-0.4, -0.2) is 21.8 Å². The maximum Gasteiger partial charge on any atom is 0.276 e. The fourth-order valence-electron chi connectivity index (χ4n) is 1.46. The van der Waals surface area contributed by atoms with Gasteiger partial charge in [-0.15, -0.1) is 0 Å². The van der Waals surface area contributed by atoms with Gasteiger partial charge in [-0.2, -0.15) is 8.42 Å². The molecular weight excluding hydrogens is 283 g/mol. The molecule has 0 aliphatic heterocycles. The third kappa shape index (κ3) is 2.41. The van der Waals surface area contributed by atoms with Gasteiger partial charge in [0, 0.05) is 5.02 Å². The van der Waals surface area contributed by atoms with E-state index < -0.39 is 20.7 Å². The van der Waals surface area contributed by atoms with Crippen molar-refractivity contribution in [3.05, 3.63) is 34.1 Å². The van der Waals surface area contributed by atoms with Crippen LogP contribution in [-0.2, 0) is 19.0 Å². The molecule has 1 aromatic rings. The molecule has 0 heterocycles. The fraction of sp³-hybridized carbons (Fsp3) is 0.364. The molecule has 0 spiro atoms. The molecule has 4 nitrogen and oxygen atoms in total. The lowest BCUT2D eigenvalue weighted by atomic mass is 10.00. The second kappa shape index (κ2) is 4.95. The molecule has 100 valence electrons. The van der Waals surface area contributed by atoms with Gasteiger partial charge in [-0.25, -0.2) is 4.39 Å². The second-order valence-electron chi connectivity index (χ2n) is 4.10. The van der Waals surface area contributed by atoms with E-state index in [1.54, 1.807) is 0 Å². The Hall–Kier alpha value is -0.980. The standard InChI is InChI=1S/C11H12ClFO4S/c1-11(2,18(15,16)17-3)8-4-7(6-14)10(13)5-9(8)12/h4-6H,1-3H3. The Morgan fingerprint density at radius 3 is 2.39 bits per heavy atom. The summed E-state index contributed by atoms with van der Waals surface area (Å²) in [5.41, 5.74) is -0.150. The largest absolute Gasteiger partial charge is 0.298 e. The number of hydrogen-bond acceptors (Lipinski definition) is 4. The molecule has 0 aromatic heterocycles. The maximum atomic E-state index is 13.3. The van der Waals surface area contributed by atoms with Gasteiger partial charge in [-0.05, 0) is 31.5 Å². The van der Waals surface area contributed by atoms with Crippen molar-refractivity contribution in [3.8, 4) is 0 Å². The lowest BCUT2D eigenvalue weighted by molar-refractivity contribution is 0.111. The van der Waals surface area contributed by atoms with Crippen LogP contribution in [0.25, 0.3) is 0 Å². The maximum absolute atomic E-state index is 13.3. The minimum absolute atomic E-state index is 0.0799. The van der Waals surface area contributed by atoms with Crippen molar-refractivity contribution >= 4 is 28.0 Å². The van der Waals surface area contributed by atoms with Crippen molar-refractivity contribution in [1.29, 1.82) is 0 Å². The molecule has 0 saturated heterocycles. The lowest BCUT2D eigenvalue weighted by Gasteiger charge is -2.25. The topological polar surface area (TPSA) is 60.4 Å². The van der Waals surface area contributed by atoms with Gasteiger partial charge in [0.1, 0.15) is 10.6 Å². The summed E-state index contributed by atoms with van der Waals surface area (Å²) in [6.07, 6.45) is 0.296. The number of carbonyl (C=O) groups is 1.